The third kappa shape index (κ3) is 3.84. The number of piperazine rings is 1. The Morgan fingerprint density at radius 2 is 1.85 bits per heavy atom. The van der Waals surface area contributed by atoms with E-state index in [2.05, 4.69) is 4.90 Å². The molecule has 3 aliphatic rings. The second kappa shape index (κ2) is 7.93. The lowest BCUT2D eigenvalue weighted by atomic mass is 10.1. The molecule has 0 radical (unpaired) electrons. The number of hydrogen-bond donors (Lipinski definition) is 1. The van der Waals surface area contributed by atoms with Gasteiger partial charge in [0.2, 0.25) is 0 Å². The topological polar surface area (TPSA) is 82.6 Å². The first kappa shape index (κ1) is 18.4. The minimum atomic E-state index is -0.868. The second-order valence-corrected chi connectivity index (χ2v) is 7.14. The number of carbonyl (C=O) groups is 2. The first-order chi connectivity index (χ1) is 13.2. The molecule has 0 unspecified atom stereocenters. The van der Waals surface area contributed by atoms with E-state index >= 15 is 0 Å². The van der Waals surface area contributed by atoms with Crippen LogP contribution in [0.5, 0.6) is 0 Å². The van der Waals surface area contributed by atoms with Crippen molar-refractivity contribution in [1.29, 1.82) is 0 Å². The van der Waals surface area contributed by atoms with Gasteiger partial charge in [-0.2, -0.15) is 0 Å². The molecule has 3 aliphatic heterocycles. The van der Waals surface area contributed by atoms with Crippen LogP contribution in [0.2, 0.25) is 0 Å². The number of rotatable bonds is 5. The number of morpholine rings is 1. The van der Waals surface area contributed by atoms with Crippen molar-refractivity contribution in [2.75, 3.05) is 45.9 Å². The van der Waals surface area contributed by atoms with Gasteiger partial charge in [0.05, 0.1) is 13.2 Å². The van der Waals surface area contributed by atoms with Crippen molar-refractivity contribution in [2.45, 2.75) is 25.0 Å². The molecule has 0 spiro atoms. The van der Waals surface area contributed by atoms with E-state index in [-0.39, 0.29) is 18.4 Å². The van der Waals surface area contributed by atoms with Gasteiger partial charge in [0.25, 0.3) is 11.8 Å². The van der Waals surface area contributed by atoms with Gasteiger partial charge in [0.1, 0.15) is 0 Å². The lowest BCUT2D eigenvalue weighted by Gasteiger charge is -2.35. The number of amides is 2. The summed E-state index contributed by atoms with van der Waals surface area (Å²) in [6.07, 6.45) is -2.29. The molecular weight excluding hydrogens is 350 g/mol. The van der Waals surface area contributed by atoms with Crippen molar-refractivity contribution in [3.8, 4) is 0 Å². The van der Waals surface area contributed by atoms with Crippen LogP contribution in [0.1, 0.15) is 5.56 Å². The minimum absolute atomic E-state index is 0.114. The average Bonchev–Trinajstić information content (AvgIpc) is 3.06. The van der Waals surface area contributed by atoms with Gasteiger partial charge in [-0.3, -0.25) is 14.5 Å². The minimum Gasteiger partial charge on any atom is -0.395 e. The van der Waals surface area contributed by atoms with Gasteiger partial charge >= 0.3 is 0 Å². The van der Waals surface area contributed by atoms with Gasteiger partial charge in [-0.25, -0.2) is 0 Å². The highest BCUT2D eigenvalue weighted by Crippen LogP contribution is 2.29. The van der Waals surface area contributed by atoms with E-state index in [1.165, 1.54) is 0 Å². The maximum absolute atomic E-state index is 12.9. The number of β-amino-alcohol motifs (C(OH)–C–C–N with tert-alkyl or cyclic N) is 1. The number of ether oxygens (including phenoxy) is 2. The summed E-state index contributed by atoms with van der Waals surface area (Å²) < 4.78 is 11.4. The Morgan fingerprint density at radius 1 is 1.11 bits per heavy atom. The number of fused-ring (bicyclic) bond motifs is 2. The smallest absolute Gasteiger partial charge is 0.255 e. The maximum atomic E-state index is 12.9. The molecule has 3 heterocycles. The SMILES string of the molecule is O=C([C@H]1O[C@@H]2CN(Cc3ccccc3)C(=O)[C@H]1O2)N1CCN(CCO)CC1. The normalized spacial score (nSPS) is 28.6. The summed E-state index contributed by atoms with van der Waals surface area (Å²) in [5.41, 5.74) is 1.04. The Hall–Kier alpha value is -2.00. The Morgan fingerprint density at radius 3 is 2.56 bits per heavy atom. The summed E-state index contributed by atoms with van der Waals surface area (Å²) >= 11 is 0. The summed E-state index contributed by atoms with van der Waals surface area (Å²) in [4.78, 5) is 31.3. The second-order valence-electron chi connectivity index (χ2n) is 7.14. The van der Waals surface area contributed by atoms with Crippen LogP contribution < -0.4 is 0 Å². The molecule has 1 aromatic rings. The molecule has 146 valence electrons. The zero-order valence-electron chi connectivity index (χ0n) is 15.2. The van der Waals surface area contributed by atoms with Crippen molar-refractivity contribution in [3.63, 3.8) is 0 Å². The van der Waals surface area contributed by atoms with Crippen molar-refractivity contribution >= 4 is 11.8 Å². The Kier molecular flexibility index (Phi) is 5.40. The van der Waals surface area contributed by atoms with Gasteiger partial charge in [-0.05, 0) is 5.56 Å². The molecule has 0 aliphatic carbocycles. The largest absolute Gasteiger partial charge is 0.395 e. The van der Waals surface area contributed by atoms with Crippen LogP contribution in [-0.4, -0.2) is 96.0 Å². The molecule has 0 aromatic heterocycles. The highest BCUT2D eigenvalue weighted by atomic mass is 16.7. The molecule has 3 saturated heterocycles. The summed E-state index contributed by atoms with van der Waals surface area (Å²) in [6, 6.07) is 9.76. The van der Waals surface area contributed by atoms with E-state index in [9.17, 15) is 9.59 Å². The number of aliphatic hydroxyl groups is 1. The predicted octanol–water partition coefficient (Wildman–Crippen LogP) is -0.725. The lowest BCUT2D eigenvalue weighted by molar-refractivity contribution is -0.162. The number of aliphatic hydroxyl groups excluding tert-OH is 1. The quantitative estimate of drug-likeness (QED) is 0.731. The third-order valence-electron chi connectivity index (χ3n) is 5.36. The fraction of sp³-hybridized carbons (Fsp3) is 0.579. The van der Waals surface area contributed by atoms with Crippen LogP contribution in [0, 0.1) is 0 Å². The van der Waals surface area contributed by atoms with Crippen molar-refractivity contribution in [2.24, 2.45) is 0 Å². The van der Waals surface area contributed by atoms with Gasteiger partial charge in [-0.15, -0.1) is 0 Å². The van der Waals surface area contributed by atoms with E-state index in [0.29, 0.717) is 45.8 Å². The Bertz CT molecular complexity index is 677. The first-order valence-corrected chi connectivity index (χ1v) is 9.41. The predicted molar refractivity (Wildman–Crippen MR) is 95.5 cm³/mol. The molecule has 1 aromatic carbocycles. The van der Waals surface area contributed by atoms with E-state index in [1.807, 2.05) is 30.3 Å². The molecule has 3 fully saturated rings. The van der Waals surface area contributed by atoms with E-state index in [4.69, 9.17) is 14.6 Å². The monoisotopic (exact) mass is 375 g/mol. The van der Waals surface area contributed by atoms with Crippen molar-refractivity contribution < 1.29 is 24.2 Å². The molecule has 2 bridgehead atoms. The van der Waals surface area contributed by atoms with Crippen molar-refractivity contribution in [1.82, 2.24) is 14.7 Å². The fourth-order valence-electron chi connectivity index (χ4n) is 3.87. The van der Waals surface area contributed by atoms with Gasteiger partial charge in [0.15, 0.2) is 18.5 Å². The standard InChI is InChI=1S/C19H25N3O5/c23-11-10-20-6-8-21(9-7-20)18(24)16-17-19(25)22(13-15(26-16)27-17)12-14-4-2-1-3-5-14/h1-5,15-17,23H,6-13H2/t15-,16-,17-/m0/s1. The molecule has 3 atom stereocenters. The zero-order valence-corrected chi connectivity index (χ0v) is 15.2. The number of hydrogen-bond acceptors (Lipinski definition) is 6. The summed E-state index contributed by atoms with van der Waals surface area (Å²) in [7, 11) is 0. The lowest BCUT2D eigenvalue weighted by Crippen LogP contribution is -2.55. The average molecular weight is 375 g/mol. The molecule has 4 rings (SSSR count). The molecule has 0 saturated carbocycles. The summed E-state index contributed by atoms with van der Waals surface area (Å²) in [5, 5.41) is 9.03. The van der Waals surface area contributed by atoms with Crippen molar-refractivity contribution in [3.05, 3.63) is 35.9 Å². The van der Waals surface area contributed by atoms with Gasteiger partial charge in [0, 0.05) is 39.3 Å². The summed E-state index contributed by atoms with van der Waals surface area (Å²) in [6.45, 7) is 4.10. The highest BCUT2D eigenvalue weighted by Gasteiger charge is 2.52. The van der Waals surface area contributed by atoms with Gasteiger partial charge in [-0.1, -0.05) is 30.3 Å². The first-order valence-electron chi connectivity index (χ1n) is 9.41. The molecule has 1 N–H and O–H groups in total. The fourth-order valence-corrected chi connectivity index (χ4v) is 3.87. The molecular formula is C19H25N3O5. The summed E-state index contributed by atoms with van der Waals surface area (Å²) in [5.74, 6) is -0.370. The van der Waals surface area contributed by atoms with Crippen LogP contribution in [0.3, 0.4) is 0 Å². The van der Waals surface area contributed by atoms with Gasteiger partial charge < -0.3 is 24.4 Å². The van der Waals surface area contributed by atoms with Crippen LogP contribution in [-0.2, 0) is 25.6 Å². The molecule has 8 heteroatoms. The van der Waals surface area contributed by atoms with Crippen LogP contribution in [0.15, 0.2) is 30.3 Å². The van der Waals surface area contributed by atoms with Crippen LogP contribution >= 0.6 is 0 Å². The third-order valence-corrected chi connectivity index (χ3v) is 5.36. The zero-order chi connectivity index (χ0) is 18.8. The van der Waals surface area contributed by atoms with E-state index < -0.39 is 18.5 Å². The number of benzene rings is 1. The molecule has 2 amide bonds. The van der Waals surface area contributed by atoms with Crippen LogP contribution in [0.4, 0.5) is 0 Å². The van der Waals surface area contributed by atoms with E-state index in [0.717, 1.165) is 5.56 Å². The number of nitrogens with zero attached hydrogens (tertiary/aromatic N) is 3. The number of carbonyl (C=O) groups excluding carboxylic acids is 2. The maximum Gasteiger partial charge on any atom is 0.255 e. The highest BCUT2D eigenvalue weighted by molar-refractivity contribution is 5.92. The van der Waals surface area contributed by atoms with Crippen LogP contribution in [0.25, 0.3) is 0 Å². The Balaban J connectivity index is 1.38. The Labute approximate surface area is 158 Å². The molecule has 27 heavy (non-hydrogen) atoms. The molecule has 8 nitrogen and oxygen atoms in total. The van der Waals surface area contributed by atoms with E-state index in [1.54, 1.807) is 9.80 Å².